The summed E-state index contributed by atoms with van der Waals surface area (Å²) in [5, 5.41) is 8.31. The van der Waals surface area contributed by atoms with Gasteiger partial charge in [0.2, 0.25) is 0 Å². The first-order chi connectivity index (χ1) is 11.3. The molecular weight excluding hydrogens is 286 g/mol. The van der Waals surface area contributed by atoms with Crippen LogP contribution in [0.25, 0.3) is 0 Å². The van der Waals surface area contributed by atoms with Gasteiger partial charge in [-0.25, -0.2) is 0 Å². The van der Waals surface area contributed by atoms with Gasteiger partial charge in [-0.3, -0.25) is 9.88 Å². The summed E-state index contributed by atoms with van der Waals surface area (Å²) in [7, 11) is 2.17. The van der Waals surface area contributed by atoms with Crippen molar-refractivity contribution in [3.8, 4) is 0 Å². The zero-order chi connectivity index (χ0) is 15.6. The van der Waals surface area contributed by atoms with E-state index in [1.807, 2.05) is 18.5 Å². The quantitative estimate of drug-likeness (QED) is 0.866. The van der Waals surface area contributed by atoms with Crippen molar-refractivity contribution in [2.45, 2.75) is 25.4 Å². The van der Waals surface area contributed by atoms with Crippen molar-refractivity contribution in [1.82, 2.24) is 20.1 Å². The Morgan fingerprint density at radius 2 is 2.00 bits per heavy atom. The van der Waals surface area contributed by atoms with Crippen molar-refractivity contribution in [1.29, 1.82) is 0 Å². The van der Waals surface area contributed by atoms with E-state index in [0.29, 0.717) is 6.04 Å². The SMILES string of the molecule is CN(c1cccnn1)[C@@H]1CC[C@@H]2CN(Cc3ccncc3)C[C@@H]21. The van der Waals surface area contributed by atoms with Crippen LogP contribution in [0.3, 0.4) is 0 Å². The second-order valence-corrected chi connectivity index (χ2v) is 6.81. The molecule has 23 heavy (non-hydrogen) atoms. The maximum absolute atomic E-state index is 4.28. The summed E-state index contributed by atoms with van der Waals surface area (Å²) in [5.74, 6) is 2.55. The number of rotatable bonds is 4. The molecular formula is C18H23N5. The average Bonchev–Trinajstić information content (AvgIpc) is 3.16. The Bertz CT molecular complexity index is 632. The molecule has 0 bridgehead atoms. The summed E-state index contributed by atoms with van der Waals surface area (Å²) >= 11 is 0. The fourth-order valence-corrected chi connectivity index (χ4v) is 4.34. The predicted molar refractivity (Wildman–Crippen MR) is 90.0 cm³/mol. The maximum atomic E-state index is 4.28. The first kappa shape index (κ1) is 14.6. The molecule has 120 valence electrons. The van der Waals surface area contributed by atoms with E-state index in [0.717, 1.165) is 24.2 Å². The molecule has 1 aliphatic heterocycles. The molecule has 0 N–H and O–H groups in total. The fraction of sp³-hybridized carbons (Fsp3) is 0.500. The zero-order valence-corrected chi connectivity index (χ0v) is 13.5. The molecule has 5 nitrogen and oxygen atoms in total. The van der Waals surface area contributed by atoms with Gasteiger partial charge in [0, 0.05) is 51.3 Å². The van der Waals surface area contributed by atoms with E-state index in [1.165, 1.54) is 31.5 Å². The van der Waals surface area contributed by atoms with Crippen molar-refractivity contribution >= 4 is 5.82 Å². The Balaban J connectivity index is 1.43. The minimum absolute atomic E-state index is 0.583. The van der Waals surface area contributed by atoms with Crippen LogP contribution in [-0.2, 0) is 6.54 Å². The molecule has 2 aromatic rings. The van der Waals surface area contributed by atoms with E-state index >= 15 is 0 Å². The molecule has 1 aliphatic carbocycles. The van der Waals surface area contributed by atoms with E-state index in [9.17, 15) is 0 Å². The Morgan fingerprint density at radius 1 is 1.13 bits per heavy atom. The van der Waals surface area contributed by atoms with Gasteiger partial charge in [0.15, 0.2) is 5.82 Å². The van der Waals surface area contributed by atoms with E-state index < -0.39 is 0 Å². The minimum atomic E-state index is 0.583. The third-order valence-corrected chi connectivity index (χ3v) is 5.47. The second kappa shape index (κ2) is 6.24. The number of likely N-dealkylation sites (tertiary alicyclic amines) is 1. The van der Waals surface area contributed by atoms with Crippen LogP contribution in [0.4, 0.5) is 5.82 Å². The number of pyridine rings is 1. The Hall–Kier alpha value is -2.01. The average molecular weight is 309 g/mol. The smallest absolute Gasteiger partial charge is 0.151 e. The molecule has 2 aromatic heterocycles. The largest absolute Gasteiger partial charge is 0.355 e. The van der Waals surface area contributed by atoms with Gasteiger partial charge < -0.3 is 4.90 Å². The minimum Gasteiger partial charge on any atom is -0.355 e. The summed E-state index contributed by atoms with van der Waals surface area (Å²) in [6, 6.07) is 8.85. The van der Waals surface area contributed by atoms with E-state index in [1.54, 1.807) is 6.20 Å². The van der Waals surface area contributed by atoms with Crippen molar-refractivity contribution in [2.75, 3.05) is 25.0 Å². The van der Waals surface area contributed by atoms with Crippen LogP contribution in [0.5, 0.6) is 0 Å². The Morgan fingerprint density at radius 3 is 2.78 bits per heavy atom. The first-order valence-electron chi connectivity index (χ1n) is 8.43. The number of aromatic nitrogens is 3. The molecule has 0 radical (unpaired) electrons. The van der Waals surface area contributed by atoms with Crippen molar-refractivity contribution < 1.29 is 0 Å². The molecule has 0 amide bonds. The van der Waals surface area contributed by atoms with Crippen molar-refractivity contribution in [3.63, 3.8) is 0 Å². The molecule has 0 unspecified atom stereocenters. The highest BCUT2D eigenvalue weighted by Gasteiger charge is 2.44. The van der Waals surface area contributed by atoms with E-state index in [4.69, 9.17) is 0 Å². The molecule has 4 rings (SSSR count). The third-order valence-electron chi connectivity index (χ3n) is 5.47. The van der Waals surface area contributed by atoms with Crippen LogP contribution < -0.4 is 4.90 Å². The molecule has 2 aliphatic rings. The monoisotopic (exact) mass is 309 g/mol. The summed E-state index contributed by atoms with van der Waals surface area (Å²) in [5.41, 5.74) is 1.36. The van der Waals surface area contributed by atoms with Crippen LogP contribution in [0.1, 0.15) is 18.4 Å². The van der Waals surface area contributed by atoms with Crippen LogP contribution in [0.15, 0.2) is 42.9 Å². The number of anilines is 1. The van der Waals surface area contributed by atoms with Crippen molar-refractivity contribution in [3.05, 3.63) is 48.4 Å². The van der Waals surface area contributed by atoms with Gasteiger partial charge in [-0.15, -0.1) is 5.10 Å². The van der Waals surface area contributed by atoms with Crippen LogP contribution in [-0.4, -0.2) is 46.3 Å². The highest BCUT2D eigenvalue weighted by atomic mass is 15.3. The topological polar surface area (TPSA) is 45.2 Å². The standard InChI is InChI=1S/C18H23N5/c1-22(18-3-2-8-20-21-18)17-5-4-15-12-23(13-16(15)17)11-14-6-9-19-10-7-14/h2-3,6-10,15-17H,4-5,11-13H2,1H3/t15-,16+,17-/m1/s1. The van der Waals surface area contributed by atoms with Crippen LogP contribution >= 0.6 is 0 Å². The lowest BCUT2D eigenvalue weighted by molar-refractivity contribution is 0.297. The third kappa shape index (κ3) is 2.93. The number of hydrogen-bond acceptors (Lipinski definition) is 5. The summed E-state index contributed by atoms with van der Waals surface area (Å²) in [4.78, 5) is 9.05. The zero-order valence-electron chi connectivity index (χ0n) is 13.5. The summed E-state index contributed by atoms with van der Waals surface area (Å²) in [6.45, 7) is 3.44. The maximum Gasteiger partial charge on any atom is 0.151 e. The lowest BCUT2D eigenvalue weighted by atomic mass is 9.97. The number of nitrogens with zero attached hydrogens (tertiary/aromatic N) is 5. The number of fused-ring (bicyclic) bond motifs is 1. The second-order valence-electron chi connectivity index (χ2n) is 6.81. The highest BCUT2D eigenvalue weighted by molar-refractivity contribution is 5.37. The lowest BCUT2D eigenvalue weighted by Crippen LogP contribution is -2.38. The molecule has 3 heterocycles. The molecule has 5 heteroatoms. The van der Waals surface area contributed by atoms with Gasteiger partial charge in [0.25, 0.3) is 0 Å². The van der Waals surface area contributed by atoms with Gasteiger partial charge in [-0.1, -0.05) is 0 Å². The van der Waals surface area contributed by atoms with Gasteiger partial charge in [0.05, 0.1) is 0 Å². The van der Waals surface area contributed by atoms with Crippen molar-refractivity contribution in [2.24, 2.45) is 11.8 Å². The van der Waals surface area contributed by atoms with Crippen LogP contribution in [0, 0.1) is 11.8 Å². The Kier molecular flexibility index (Phi) is 3.95. The molecule has 0 spiro atoms. The molecule has 0 aromatic carbocycles. The first-order valence-corrected chi connectivity index (χ1v) is 8.43. The molecule has 2 fully saturated rings. The predicted octanol–water partition coefficient (Wildman–Crippen LogP) is 2.22. The fourth-order valence-electron chi connectivity index (χ4n) is 4.34. The molecule has 1 saturated heterocycles. The van der Waals surface area contributed by atoms with Crippen LogP contribution in [0.2, 0.25) is 0 Å². The molecule has 1 saturated carbocycles. The van der Waals surface area contributed by atoms with Gasteiger partial charge in [-0.2, -0.15) is 5.10 Å². The van der Waals surface area contributed by atoms with Gasteiger partial charge in [0.1, 0.15) is 0 Å². The van der Waals surface area contributed by atoms with E-state index in [2.05, 4.69) is 50.2 Å². The van der Waals surface area contributed by atoms with Gasteiger partial charge >= 0.3 is 0 Å². The van der Waals surface area contributed by atoms with Gasteiger partial charge in [-0.05, 0) is 54.5 Å². The number of hydrogen-bond donors (Lipinski definition) is 0. The molecule has 3 atom stereocenters. The normalized spacial score (nSPS) is 27.1. The summed E-state index contributed by atoms with van der Waals surface area (Å²) in [6.07, 6.45) is 8.10. The highest BCUT2D eigenvalue weighted by Crippen LogP contribution is 2.41. The lowest BCUT2D eigenvalue weighted by Gasteiger charge is -2.30. The van der Waals surface area contributed by atoms with E-state index in [-0.39, 0.29) is 0 Å². The Labute approximate surface area is 137 Å². The summed E-state index contributed by atoms with van der Waals surface area (Å²) < 4.78 is 0.